The average molecular weight is 371 g/mol. The highest BCUT2D eigenvalue weighted by Crippen LogP contribution is 2.29. The van der Waals surface area contributed by atoms with Crippen molar-refractivity contribution >= 4 is 20.8 Å². The van der Waals surface area contributed by atoms with E-state index in [0.29, 0.717) is 5.75 Å². The first-order valence-electron chi connectivity index (χ1n) is 8.17. The van der Waals surface area contributed by atoms with Crippen LogP contribution in [0.15, 0.2) is 65.6 Å². The molecule has 0 amide bonds. The maximum atomic E-state index is 12.9. The summed E-state index contributed by atoms with van der Waals surface area (Å²) in [6.07, 6.45) is 0. The predicted molar refractivity (Wildman–Crippen MR) is 102 cm³/mol. The number of rotatable bonds is 6. The molecule has 0 saturated carbocycles. The molecular formula is C20H21NO4S. The predicted octanol–water partition coefficient (Wildman–Crippen LogP) is 3.90. The molecule has 0 bridgehead atoms. The Hall–Kier alpha value is -2.57. The van der Waals surface area contributed by atoms with Gasteiger partial charge in [-0.05, 0) is 41.5 Å². The molecule has 0 fully saturated rings. The molecule has 1 atom stereocenters. The van der Waals surface area contributed by atoms with Crippen LogP contribution in [0.25, 0.3) is 10.8 Å². The van der Waals surface area contributed by atoms with E-state index in [-0.39, 0.29) is 10.6 Å². The number of sulfonamides is 1. The zero-order chi connectivity index (χ0) is 18.7. The minimum absolute atomic E-state index is 0.0481. The molecule has 1 unspecified atom stereocenters. The first-order chi connectivity index (χ1) is 12.4. The van der Waals surface area contributed by atoms with Crippen molar-refractivity contribution in [1.29, 1.82) is 0 Å². The molecule has 0 saturated heterocycles. The smallest absolute Gasteiger partial charge is 0.244 e. The Bertz CT molecular complexity index is 1030. The van der Waals surface area contributed by atoms with E-state index in [1.807, 2.05) is 49.4 Å². The maximum Gasteiger partial charge on any atom is 0.244 e. The van der Waals surface area contributed by atoms with Crippen LogP contribution in [0.2, 0.25) is 0 Å². The maximum absolute atomic E-state index is 12.9. The van der Waals surface area contributed by atoms with Gasteiger partial charge in [0, 0.05) is 12.1 Å². The Morgan fingerprint density at radius 2 is 1.62 bits per heavy atom. The van der Waals surface area contributed by atoms with Crippen LogP contribution in [0.1, 0.15) is 18.5 Å². The van der Waals surface area contributed by atoms with Crippen molar-refractivity contribution in [3.05, 3.63) is 66.2 Å². The Morgan fingerprint density at radius 3 is 2.31 bits per heavy atom. The van der Waals surface area contributed by atoms with E-state index in [0.717, 1.165) is 16.3 Å². The van der Waals surface area contributed by atoms with Gasteiger partial charge in [-0.15, -0.1) is 0 Å². The normalized spacial score (nSPS) is 12.7. The first-order valence-corrected chi connectivity index (χ1v) is 9.66. The Morgan fingerprint density at radius 1 is 0.885 bits per heavy atom. The molecule has 3 rings (SSSR count). The molecule has 0 spiro atoms. The molecule has 1 N–H and O–H groups in total. The molecule has 3 aromatic carbocycles. The Balaban J connectivity index is 1.93. The fourth-order valence-corrected chi connectivity index (χ4v) is 4.25. The van der Waals surface area contributed by atoms with Gasteiger partial charge in [-0.3, -0.25) is 0 Å². The number of methoxy groups -OCH3 is 2. The second kappa shape index (κ2) is 7.35. The number of benzene rings is 3. The highest BCUT2D eigenvalue weighted by atomic mass is 32.2. The number of hydrogen-bond acceptors (Lipinski definition) is 4. The second-order valence-electron chi connectivity index (χ2n) is 5.97. The standard InChI is InChI=1S/C20H21NO4S/c1-14(16-9-8-15-6-4-5-7-17(15)12-16)21-26(22,23)20-13-18(24-2)10-11-19(20)25-3/h4-14,21H,1-3H3. The van der Waals surface area contributed by atoms with Crippen LogP contribution in [-0.4, -0.2) is 22.6 Å². The van der Waals surface area contributed by atoms with Crippen molar-refractivity contribution in [2.45, 2.75) is 17.9 Å². The zero-order valence-electron chi connectivity index (χ0n) is 14.9. The van der Waals surface area contributed by atoms with Gasteiger partial charge in [-0.1, -0.05) is 36.4 Å². The summed E-state index contributed by atoms with van der Waals surface area (Å²) < 4.78 is 38.8. The van der Waals surface area contributed by atoms with E-state index >= 15 is 0 Å². The molecule has 6 heteroatoms. The summed E-state index contributed by atoms with van der Waals surface area (Å²) in [5.74, 6) is 0.716. The number of fused-ring (bicyclic) bond motifs is 1. The fraction of sp³-hybridized carbons (Fsp3) is 0.200. The summed E-state index contributed by atoms with van der Waals surface area (Å²) in [6, 6.07) is 18.2. The number of nitrogens with one attached hydrogen (secondary N) is 1. The van der Waals surface area contributed by atoms with Gasteiger partial charge < -0.3 is 9.47 Å². The van der Waals surface area contributed by atoms with Gasteiger partial charge in [0.05, 0.1) is 14.2 Å². The summed E-state index contributed by atoms with van der Waals surface area (Å²) in [5, 5.41) is 2.18. The fourth-order valence-electron chi connectivity index (χ4n) is 2.84. The monoisotopic (exact) mass is 371 g/mol. The topological polar surface area (TPSA) is 64.6 Å². The Kier molecular flexibility index (Phi) is 5.15. The van der Waals surface area contributed by atoms with Crippen molar-refractivity contribution in [2.75, 3.05) is 14.2 Å². The van der Waals surface area contributed by atoms with Gasteiger partial charge in [0.25, 0.3) is 0 Å². The van der Waals surface area contributed by atoms with Crippen LogP contribution in [0, 0.1) is 0 Å². The lowest BCUT2D eigenvalue weighted by Crippen LogP contribution is -2.27. The summed E-state index contributed by atoms with van der Waals surface area (Å²) in [5.41, 5.74) is 0.883. The quantitative estimate of drug-likeness (QED) is 0.714. The largest absolute Gasteiger partial charge is 0.497 e. The Labute approximate surface area is 153 Å². The van der Waals surface area contributed by atoms with E-state index in [9.17, 15) is 8.42 Å². The van der Waals surface area contributed by atoms with Gasteiger partial charge in [0.1, 0.15) is 16.4 Å². The minimum Gasteiger partial charge on any atom is -0.497 e. The van der Waals surface area contributed by atoms with Gasteiger partial charge in [0.2, 0.25) is 10.0 Å². The van der Waals surface area contributed by atoms with Gasteiger partial charge in [-0.2, -0.15) is 0 Å². The van der Waals surface area contributed by atoms with Crippen LogP contribution in [0.4, 0.5) is 0 Å². The van der Waals surface area contributed by atoms with Gasteiger partial charge in [-0.25, -0.2) is 13.1 Å². The van der Waals surface area contributed by atoms with Crippen LogP contribution < -0.4 is 14.2 Å². The van der Waals surface area contributed by atoms with Crippen LogP contribution in [-0.2, 0) is 10.0 Å². The van der Waals surface area contributed by atoms with Crippen molar-refractivity contribution in [3.63, 3.8) is 0 Å². The van der Waals surface area contributed by atoms with Crippen molar-refractivity contribution < 1.29 is 17.9 Å². The van der Waals surface area contributed by atoms with E-state index in [4.69, 9.17) is 9.47 Å². The molecule has 0 aliphatic heterocycles. The van der Waals surface area contributed by atoms with Crippen LogP contribution >= 0.6 is 0 Å². The molecule has 5 nitrogen and oxygen atoms in total. The highest BCUT2D eigenvalue weighted by Gasteiger charge is 2.23. The molecule has 3 aromatic rings. The van der Waals surface area contributed by atoms with Gasteiger partial charge >= 0.3 is 0 Å². The van der Waals surface area contributed by atoms with Gasteiger partial charge in [0.15, 0.2) is 0 Å². The lowest BCUT2D eigenvalue weighted by molar-refractivity contribution is 0.391. The van der Waals surface area contributed by atoms with Crippen LogP contribution in [0.5, 0.6) is 11.5 Å². The lowest BCUT2D eigenvalue weighted by Gasteiger charge is -2.17. The molecule has 136 valence electrons. The molecule has 26 heavy (non-hydrogen) atoms. The third-order valence-corrected chi connectivity index (χ3v) is 5.83. The minimum atomic E-state index is -3.79. The summed E-state index contributed by atoms with van der Waals surface area (Å²) in [4.78, 5) is 0.0481. The second-order valence-corrected chi connectivity index (χ2v) is 7.65. The van der Waals surface area contributed by atoms with Crippen molar-refractivity contribution in [1.82, 2.24) is 4.72 Å². The third kappa shape index (κ3) is 3.66. The summed E-state index contributed by atoms with van der Waals surface area (Å²) in [7, 11) is -0.864. The highest BCUT2D eigenvalue weighted by molar-refractivity contribution is 7.89. The van der Waals surface area contributed by atoms with Crippen LogP contribution in [0.3, 0.4) is 0 Å². The SMILES string of the molecule is COc1ccc(OC)c(S(=O)(=O)NC(C)c2ccc3ccccc3c2)c1. The lowest BCUT2D eigenvalue weighted by atomic mass is 10.0. The molecule has 0 aliphatic rings. The molecule has 0 aliphatic carbocycles. The molecule has 0 aromatic heterocycles. The molecule has 0 heterocycles. The van der Waals surface area contributed by atoms with E-state index < -0.39 is 16.1 Å². The zero-order valence-corrected chi connectivity index (χ0v) is 15.7. The van der Waals surface area contributed by atoms with Crippen molar-refractivity contribution in [3.8, 4) is 11.5 Å². The number of ether oxygens (including phenoxy) is 2. The third-order valence-electron chi connectivity index (χ3n) is 4.27. The summed E-state index contributed by atoms with van der Waals surface area (Å²) in [6.45, 7) is 1.81. The number of hydrogen-bond donors (Lipinski definition) is 1. The average Bonchev–Trinajstić information content (AvgIpc) is 2.66. The van der Waals surface area contributed by atoms with E-state index in [1.165, 1.54) is 20.3 Å². The molecule has 0 radical (unpaired) electrons. The summed E-state index contributed by atoms with van der Waals surface area (Å²) >= 11 is 0. The first kappa shape index (κ1) is 18.2. The van der Waals surface area contributed by atoms with E-state index in [2.05, 4.69) is 4.72 Å². The van der Waals surface area contributed by atoms with E-state index in [1.54, 1.807) is 12.1 Å². The molecular weight excluding hydrogens is 350 g/mol. The van der Waals surface area contributed by atoms with Crippen molar-refractivity contribution in [2.24, 2.45) is 0 Å².